The van der Waals surface area contributed by atoms with Gasteiger partial charge in [0.1, 0.15) is 0 Å². The molecule has 1 saturated heterocycles. The predicted molar refractivity (Wildman–Crippen MR) is 129 cm³/mol. The van der Waals surface area contributed by atoms with Crippen molar-refractivity contribution in [3.8, 4) is 0 Å². The molecule has 0 spiro atoms. The monoisotopic (exact) mass is 510 g/mol. The van der Waals surface area contributed by atoms with Crippen molar-refractivity contribution < 1.29 is 9.18 Å². The predicted octanol–water partition coefficient (Wildman–Crippen LogP) is 2.72. The van der Waals surface area contributed by atoms with Crippen molar-refractivity contribution >= 4 is 44.6 Å². The molecule has 2 heterocycles. The van der Waals surface area contributed by atoms with Crippen LogP contribution in [0.3, 0.4) is 0 Å². The van der Waals surface area contributed by atoms with Gasteiger partial charge in [-0.15, -0.1) is 0 Å². The number of hydrogen-bond donors (Lipinski definition) is 2. The van der Waals surface area contributed by atoms with Crippen LogP contribution in [0.4, 0.5) is 27.5 Å². The topological polar surface area (TPSA) is 73.4 Å². The first-order valence-corrected chi connectivity index (χ1v) is 12.3. The zero-order chi connectivity index (χ0) is 23.1. The summed E-state index contributed by atoms with van der Waals surface area (Å²) in [5.41, 5.74) is 3.25. The van der Waals surface area contributed by atoms with Crippen LogP contribution < -0.4 is 15.5 Å². The fourth-order valence-electron chi connectivity index (χ4n) is 5.31. The van der Waals surface area contributed by atoms with Crippen molar-refractivity contribution in [2.45, 2.75) is 19.4 Å². The molecule has 3 aliphatic rings. The van der Waals surface area contributed by atoms with E-state index in [1.807, 2.05) is 6.07 Å². The van der Waals surface area contributed by atoms with E-state index in [9.17, 15) is 9.18 Å². The van der Waals surface area contributed by atoms with E-state index < -0.39 is 5.82 Å². The number of carbonyl (C=O) groups excluding carboxylic acids is 1. The van der Waals surface area contributed by atoms with Gasteiger partial charge < -0.3 is 9.80 Å². The van der Waals surface area contributed by atoms with E-state index >= 15 is 0 Å². The van der Waals surface area contributed by atoms with Crippen molar-refractivity contribution in [2.24, 2.45) is 17.8 Å². The summed E-state index contributed by atoms with van der Waals surface area (Å²) in [6.45, 7) is 6.23. The third-order valence-corrected chi connectivity index (χ3v) is 7.71. The number of nitrogens with one attached hydrogen (secondary N) is 2. The third kappa shape index (κ3) is 4.51. The van der Waals surface area contributed by atoms with Crippen LogP contribution in [0.1, 0.15) is 12.0 Å². The van der Waals surface area contributed by atoms with Crippen LogP contribution in [-0.4, -0.2) is 75.6 Å². The molecule has 4 atom stereocenters. The van der Waals surface area contributed by atoms with E-state index in [0.717, 1.165) is 38.3 Å². The number of carbonyl (C=O) groups is 1. The fourth-order valence-corrected chi connectivity index (χ4v) is 6.05. The van der Waals surface area contributed by atoms with Gasteiger partial charge >= 0.3 is 159 Å². The molecule has 2 aliphatic carbocycles. The molecule has 1 aliphatic heterocycles. The molecule has 1 saturated carbocycles. The number of benzene rings is 1. The number of halogens is 1. The number of aryl methyl sites for hydroxylation is 1. The molecule has 0 unspecified atom stereocenters. The molecule has 5 rings (SSSR count). The summed E-state index contributed by atoms with van der Waals surface area (Å²) in [5.74, 6) is 0.180. The van der Waals surface area contributed by atoms with E-state index in [4.69, 9.17) is 0 Å². The van der Waals surface area contributed by atoms with E-state index in [-0.39, 0.29) is 34.2 Å². The molecule has 1 aromatic heterocycles. The van der Waals surface area contributed by atoms with Crippen LogP contribution >= 0.6 is 0 Å². The van der Waals surface area contributed by atoms with Gasteiger partial charge in [0, 0.05) is 26.2 Å². The van der Waals surface area contributed by atoms with Gasteiger partial charge in [0.05, 0.1) is 0 Å². The van der Waals surface area contributed by atoms with Gasteiger partial charge in [-0.2, -0.15) is 0 Å². The Bertz CT molecular complexity index is 1090. The second-order valence-corrected chi connectivity index (χ2v) is 10.2. The minimum absolute atomic E-state index is 0.0700. The van der Waals surface area contributed by atoms with Crippen LogP contribution in [0.5, 0.6) is 0 Å². The summed E-state index contributed by atoms with van der Waals surface area (Å²) in [6, 6.07) is 6.03. The normalized spacial score (nSPS) is 26.6. The number of anilines is 4. The number of fused-ring (bicyclic) bond motifs is 2. The quantitative estimate of drug-likeness (QED) is 0.458. The molecular weight excluding hydrogens is 482 g/mol. The summed E-state index contributed by atoms with van der Waals surface area (Å²) in [5, 5.41) is 6.41. The van der Waals surface area contributed by atoms with Gasteiger partial charge in [0.25, 0.3) is 0 Å². The number of nitrogens with zero attached hydrogens (tertiary/aromatic N) is 4. The van der Waals surface area contributed by atoms with Crippen molar-refractivity contribution in [3.63, 3.8) is 0 Å². The molecule has 33 heavy (non-hydrogen) atoms. The standard InChI is InChI=1S/C24H28AsFN6O/c1-14-11-17(5-6-19(14)32-9-7-31(2)8-10-32)28-24-27-13-18(26)23(30-24)29-21-16-4-3-15(12-16)20(21)22(25)33/h3-6,11,13,15-16,20-21H,7-10,12H2,1-2H3,(H2,27,28,29,30)/t15-,16+,20-,21+/m0/s1. The number of rotatable bonds is 6. The maximum absolute atomic E-state index is 14.6. The van der Waals surface area contributed by atoms with Gasteiger partial charge in [0.15, 0.2) is 0 Å². The Morgan fingerprint density at radius 3 is 2.67 bits per heavy atom. The molecule has 0 amide bonds. The Hall–Kier alpha value is -2.44. The Labute approximate surface area is 202 Å². The SMILES string of the molecule is Cc1cc(Nc2ncc(F)c(N[C@H]3[C@@H](C(=O)[As])[C@H]4C=C[C@@H]3C4)n2)ccc1N1CCN(C)CC1. The first kappa shape index (κ1) is 22.4. The Kier molecular flexibility index (Phi) is 6.14. The number of allylic oxidation sites excluding steroid dienone is 1. The number of likely N-dealkylation sites (N-methyl/N-ethyl adjacent to an activating group) is 1. The molecule has 2 N–H and O–H groups in total. The van der Waals surface area contributed by atoms with E-state index in [0.29, 0.717) is 5.95 Å². The number of aromatic nitrogens is 2. The summed E-state index contributed by atoms with van der Waals surface area (Å²) in [6.07, 6.45) is 6.32. The van der Waals surface area contributed by atoms with Gasteiger partial charge in [-0.3, -0.25) is 0 Å². The van der Waals surface area contributed by atoms with E-state index in [2.05, 4.69) is 85.5 Å². The number of hydrogen-bond acceptors (Lipinski definition) is 7. The average Bonchev–Trinajstić information content (AvgIpc) is 3.39. The summed E-state index contributed by atoms with van der Waals surface area (Å²) in [7, 11) is 2.15. The maximum atomic E-state index is 14.6. The summed E-state index contributed by atoms with van der Waals surface area (Å²) in [4.78, 5) is 25.4. The van der Waals surface area contributed by atoms with Crippen molar-refractivity contribution in [1.82, 2.24) is 14.9 Å². The van der Waals surface area contributed by atoms with Gasteiger partial charge in [-0.05, 0) is 7.05 Å². The smallest absolute Gasteiger partial charge is 0.369 e. The van der Waals surface area contributed by atoms with E-state index in [1.54, 1.807) is 0 Å². The zero-order valence-corrected chi connectivity index (χ0v) is 20.7. The molecular formula is C24H28AsFN6O. The Morgan fingerprint density at radius 1 is 1.18 bits per heavy atom. The zero-order valence-electron chi connectivity index (χ0n) is 18.8. The molecule has 2 radical (unpaired) electrons. The Balaban J connectivity index is 1.31. The van der Waals surface area contributed by atoms with Crippen LogP contribution in [0.15, 0.2) is 36.5 Å². The first-order chi connectivity index (χ1) is 15.9. The molecule has 9 heteroatoms. The summed E-state index contributed by atoms with van der Waals surface area (Å²) < 4.78 is 14.6. The molecule has 1 aromatic carbocycles. The van der Waals surface area contributed by atoms with Crippen molar-refractivity contribution in [3.05, 3.63) is 47.9 Å². The number of piperazine rings is 1. The fraction of sp³-hybridized carbons (Fsp3) is 0.458. The molecule has 2 bridgehead atoms. The first-order valence-electron chi connectivity index (χ1n) is 11.4. The average molecular weight is 510 g/mol. The van der Waals surface area contributed by atoms with Gasteiger partial charge in [0.2, 0.25) is 0 Å². The third-order valence-electron chi connectivity index (χ3n) is 7.09. The minimum Gasteiger partial charge on any atom is -0.369 e. The Morgan fingerprint density at radius 2 is 1.94 bits per heavy atom. The van der Waals surface area contributed by atoms with Crippen LogP contribution in [0, 0.1) is 30.5 Å². The molecule has 7 nitrogen and oxygen atoms in total. The van der Waals surface area contributed by atoms with Crippen LogP contribution in [0.25, 0.3) is 0 Å². The molecule has 172 valence electrons. The molecule has 2 fully saturated rings. The van der Waals surface area contributed by atoms with Gasteiger partial charge in [-0.25, -0.2) is 0 Å². The van der Waals surface area contributed by atoms with Crippen LogP contribution in [-0.2, 0) is 4.79 Å². The summed E-state index contributed by atoms with van der Waals surface area (Å²) >= 11 is 2.12. The van der Waals surface area contributed by atoms with Crippen molar-refractivity contribution in [1.29, 1.82) is 0 Å². The van der Waals surface area contributed by atoms with Crippen molar-refractivity contribution in [2.75, 3.05) is 48.8 Å². The van der Waals surface area contributed by atoms with E-state index in [1.165, 1.54) is 17.4 Å². The van der Waals surface area contributed by atoms with Gasteiger partial charge in [-0.1, -0.05) is 0 Å². The van der Waals surface area contributed by atoms with Crippen LogP contribution in [0.2, 0.25) is 0 Å². The molecule has 2 aromatic rings. The second-order valence-electron chi connectivity index (χ2n) is 9.29. The minimum atomic E-state index is -0.523. The second kappa shape index (κ2) is 9.07.